The largest absolute Gasteiger partial charge is 0.353 e. The summed E-state index contributed by atoms with van der Waals surface area (Å²) in [5.74, 6) is 1.81. The number of nitrogens with one attached hydrogen (secondary N) is 1. The summed E-state index contributed by atoms with van der Waals surface area (Å²) in [6, 6.07) is 19.0. The highest BCUT2D eigenvalue weighted by Gasteiger charge is 2.19. The first kappa shape index (κ1) is 17.0. The zero-order chi connectivity index (χ0) is 18.5. The maximum atomic E-state index is 12.2. The molecule has 3 aromatic rings. The number of anilines is 3. The van der Waals surface area contributed by atoms with E-state index in [1.165, 1.54) is 0 Å². The van der Waals surface area contributed by atoms with Crippen LogP contribution in [0.1, 0.15) is 10.4 Å². The molecule has 0 atom stereocenters. The third-order valence-electron chi connectivity index (χ3n) is 4.62. The molecule has 136 valence electrons. The van der Waals surface area contributed by atoms with Crippen LogP contribution >= 0.6 is 0 Å². The number of benzene rings is 1. The van der Waals surface area contributed by atoms with Crippen LogP contribution in [0.3, 0.4) is 0 Å². The van der Waals surface area contributed by atoms with Crippen LogP contribution in [0, 0.1) is 0 Å². The van der Waals surface area contributed by atoms with Crippen LogP contribution < -0.4 is 15.1 Å². The van der Waals surface area contributed by atoms with Crippen molar-refractivity contribution in [2.75, 3.05) is 41.3 Å². The number of hydrogen-bond donors (Lipinski definition) is 1. The molecule has 0 aliphatic carbocycles. The Morgan fingerprint density at radius 2 is 1.44 bits per heavy atom. The second kappa shape index (κ2) is 7.86. The van der Waals surface area contributed by atoms with Gasteiger partial charge >= 0.3 is 0 Å². The van der Waals surface area contributed by atoms with Crippen molar-refractivity contribution in [1.82, 2.24) is 9.97 Å². The summed E-state index contributed by atoms with van der Waals surface area (Å²) in [6.07, 6.45) is 3.53. The molecule has 3 heterocycles. The Kier molecular flexibility index (Phi) is 4.96. The zero-order valence-electron chi connectivity index (χ0n) is 15.0. The highest BCUT2D eigenvalue weighted by Crippen LogP contribution is 2.19. The van der Waals surface area contributed by atoms with Crippen LogP contribution in [0.2, 0.25) is 0 Å². The molecule has 4 rings (SSSR count). The highest BCUT2D eigenvalue weighted by atomic mass is 16.1. The highest BCUT2D eigenvalue weighted by molar-refractivity contribution is 6.04. The van der Waals surface area contributed by atoms with Gasteiger partial charge in [-0.3, -0.25) is 4.79 Å². The molecule has 27 heavy (non-hydrogen) atoms. The molecule has 1 amide bonds. The summed E-state index contributed by atoms with van der Waals surface area (Å²) in [6.45, 7) is 3.59. The molecule has 0 spiro atoms. The fraction of sp³-hybridized carbons (Fsp3) is 0.190. The van der Waals surface area contributed by atoms with Crippen molar-refractivity contribution >= 4 is 23.2 Å². The minimum Gasteiger partial charge on any atom is -0.353 e. The molecule has 0 radical (unpaired) electrons. The number of rotatable bonds is 4. The van der Waals surface area contributed by atoms with Crippen molar-refractivity contribution in [1.29, 1.82) is 0 Å². The predicted molar refractivity (Wildman–Crippen MR) is 107 cm³/mol. The lowest BCUT2D eigenvalue weighted by molar-refractivity contribution is 0.102. The second-order valence-electron chi connectivity index (χ2n) is 6.39. The van der Waals surface area contributed by atoms with Crippen LogP contribution in [0.4, 0.5) is 17.3 Å². The average molecular weight is 359 g/mol. The Balaban J connectivity index is 1.35. The van der Waals surface area contributed by atoms with Gasteiger partial charge in [0.2, 0.25) is 0 Å². The number of carbonyl (C=O) groups excluding carboxylic acids is 1. The number of amides is 1. The van der Waals surface area contributed by atoms with E-state index in [-0.39, 0.29) is 5.91 Å². The van der Waals surface area contributed by atoms with Gasteiger partial charge in [0.1, 0.15) is 11.6 Å². The van der Waals surface area contributed by atoms with Gasteiger partial charge in [0.15, 0.2) is 0 Å². The van der Waals surface area contributed by atoms with Crippen molar-refractivity contribution in [3.63, 3.8) is 0 Å². The second-order valence-corrected chi connectivity index (χ2v) is 6.39. The monoisotopic (exact) mass is 359 g/mol. The quantitative estimate of drug-likeness (QED) is 0.776. The van der Waals surface area contributed by atoms with Crippen LogP contribution in [0.5, 0.6) is 0 Å². The fourth-order valence-corrected chi connectivity index (χ4v) is 3.15. The van der Waals surface area contributed by atoms with E-state index in [1.807, 2.05) is 54.7 Å². The minimum absolute atomic E-state index is 0.130. The number of carbonyl (C=O) groups is 1. The molecule has 1 aliphatic rings. The maximum absolute atomic E-state index is 12.2. The van der Waals surface area contributed by atoms with Crippen LogP contribution in [-0.4, -0.2) is 42.1 Å². The number of piperazine rings is 1. The summed E-state index contributed by atoms with van der Waals surface area (Å²) in [5, 5.41) is 2.88. The molecule has 1 fully saturated rings. The minimum atomic E-state index is -0.130. The molecule has 1 aromatic carbocycles. The van der Waals surface area contributed by atoms with E-state index in [9.17, 15) is 4.79 Å². The van der Waals surface area contributed by atoms with Gasteiger partial charge < -0.3 is 15.1 Å². The SMILES string of the molecule is O=C(Nc1ccc(N2CCN(c3ccccn3)CC2)nc1)c1ccccc1. The van der Waals surface area contributed by atoms with Crippen molar-refractivity contribution in [2.45, 2.75) is 0 Å². The molecule has 6 nitrogen and oxygen atoms in total. The van der Waals surface area contributed by atoms with E-state index in [2.05, 4.69) is 25.1 Å². The van der Waals surface area contributed by atoms with Crippen LogP contribution in [0.25, 0.3) is 0 Å². The van der Waals surface area contributed by atoms with Crippen LogP contribution in [0.15, 0.2) is 73.1 Å². The van der Waals surface area contributed by atoms with E-state index in [1.54, 1.807) is 18.3 Å². The van der Waals surface area contributed by atoms with Gasteiger partial charge in [-0.15, -0.1) is 0 Å². The lowest BCUT2D eigenvalue weighted by atomic mass is 10.2. The number of aromatic nitrogens is 2. The summed E-state index contributed by atoms with van der Waals surface area (Å²) in [7, 11) is 0. The number of nitrogens with zero attached hydrogens (tertiary/aromatic N) is 4. The predicted octanol–water partition coefficient (Wildman–Crippen LogP) is 3.06. The molecule has 2 aromatic heterocycles. The first-order chi connectivity index (χ1) is 13.3. The maximum Gasteiger partial charge on any atom is 0.255 e. The smallest absolute Gasteiger partial charge is 0.255 e. The van der Waals surface area contributed by atoms with E-state index >= 15 is 0 Å². The topological polar surface area (TPSA) is 61.4 Å². The molecule has 0 unspecified atom stereocenters. The zero-order valence-corrected chi connectivity index (χ0v) is 15.0. The molecule has 1 aliphatic heterocycles. The first-order valence-corrected chi connectivity index (χ1v) is 9.03. The van der Waals surface area contributed by atoms with Crippen LogP contribution in [-0.2, 0) is 0 Å². The first-order valence-electron chi connectivity index (χ1n) is 9.03. The molecular weight excluding hydrogens is 338 g/mol. The lowest BCUT2D eigenvalue weighted by Gasteiger charge is -2.36. The number of pyridine rings is 2. The van der Waals surface area contributed by atoms with Gasteiger partial charge in [-0.05, 0) is 36.4 Å². The van der Waals surface area contributed by atoms with Crippen molar-refractivity contribution in [3.05, 3.63) is 78.6 Å². The Morgan fingerprint density at radius 3 is 2.04 bits per heavy atom. The normalized spacial score (nSPS) is 14.1. The Labute approximate surface area is 158 Å². The van der Waals surface area contributed by atoms with Gasteiger partial charge in [0.05, 0.1) is 11.9 Å². The molecule has 0 saturated carbocycles. The average Bonchev–Trinajstić information content (AvgIpc) is 2.76. The van der Waals surface area contributed by atoms with Gasteiger partial charge in [-0.1, -0.05) is 24.3 Å². The Morgan fingerprint density at radius 1 is 0.778 bits per heavy atom. The standard InChI is InChI=1S/C21H21N5O/c27-21(17-6-2-1-3-7-17)24-18-9-10-20(23-16-18)26-14-12-25(13-15-26)19-8-4-5-11-22-19/h1-11,16H,12-15H2,(H,24,27). The molecule has 1 N–H and O–H groups in total. The van der Waals surface area contributed by atoms with Gasteiger partial charge in [-0.25, -0.2) is 9.97 Å². The van der Waals surface area contributed by atoms with Gasteiger partial charge in [0.25, 0.3) is 5.91 Å². The van der Waals surface area contributed by atoms with Crippen molar-refractivity contribution in [2.24, 2.45) is 0 Å². The third kappa shape index (κ3) is 4.06. The number of hydrogen-bond acceptors (Lipinski definition) is 5. The molecule has 0 bridgehead atoms. The fourth-order valence-electron chi connectivity index (χ4n) is 3.15. The Bertz CT molecular complexity index is 875. The van der Waals surface area contributed by atoms with Crippen molar-refractivity contribution in [3.8, 4) is 0 Å². The molecule has 6 heteroatoms. The van der Waals surface area contributed by atoms with E-state index in [4.69, 9.17) is 0 Å². The summed E-state index contributed by atoms with van der Waals surface area (Å²) < 4.78 is 0. The van der Waals surface area contributed by atoms with E-state index in [0.29, 0.717) is 11.3 Å². The Hall–Kier alpha value is -3.41. The lowest BCUT2D eigenvalue weighted by Crippen LogP contribution is -2.47. The molecule has 1 saturated heterocycles. The van der Waals surface area contributed by atoms with Gasteiger partial charge in [-0.2, -0.15) is 0 Å². The summed E-state index contributed by atoms with van der Waals surface area (Å²) >= 11 is 0. The molecular formula is C21H21N5O. The summed E-state index contributed by atoms with van der Waals surface area (Å²) in [4.78, 5) is 25.7. The third-order valence-corrected chi connectivity index (χ3v) is 4.62. The summed E-state index contributed by atoms with van der Waals surface area (Å²) in [5.41, 5.74) is 1.33. The van der Waals surface area contributed by atoms with Crippen molar-refractivity contribution < 1.29 is 4.79 Å². The van der Waals surface area contributed by atoms with E-state index < -0.39 is 0 Å². The van der Waals surface area contributed by atoms with E-state index in [0.717, 1.165) is 37.8 Å². The van der Waals surface area contributed by atoms with Gasteiger partial charge in [0, 0.05) is 37.9 Å².